The Morgan fingerprint density at radius 2 is 2.05 bits per heavy atom. The second-order valence-electron chi connectivity index (χ2n) is 4.65. The molecule has 1 fully saturated rings. The third kappa shape index (κ3) is 3.32. The van der Waals surface area contributed by atoms with Crippen LogP contribution in [0.5, 0.6) is 0 Å². The summed E-state index contributed by atoms with van der Waals surface area (Å²) >= 11 is 0. The molecule has 0 heterocycles. The summed E-state index contributed by atoms with van der Waals surface area (Å²) in [6.07, 6.45) is 1.76. The molecule has 1 aromatic carbocycles. The summed E-state index contributed by atoms with van der Waals surface area (Å²) < 4.78 is 5.07. The second kappa shape index (κ2) is 5.84. The summed E-state index contributed by atoms with van der Waals surface area (Å²) in [6.45, 7) is 0.0955. The zero-order chi connectivity index (χ0) is 13.8. The summed E-state index contributed by atoms with van der Waals surface area (Å²) in [5, 5.41) is 8.91. The molecule has 5 heteroatoms. The Hall–Kier alpha value is -1.88. The minimum atomic E-state index is -0.982. The Balaban J connectivity index is 2.23. The fourth-order valence-electron chi connectivity index (χ4n) is 2.06. The summed E-state index contributed by atoms with van der Waals surface area (Å²) in [5.41, 5.74) is 1.31. The fourth-order valence-corrected chi connectivity index (χ4v) is 2.06. The third-order valence-corrected chi connectivity index (χ3v) is 3.10. The number of ether oxygens (including phenoxy) is 1. The minimum Gasteiger partial charge on any atom is -0.480 e. The smallest absolute Gasteiger partial charge is 0.323 e. The first-order valence-electron chi connectivity index (χ1n) is 6.23. The highest BCUT2D eigenvalue weighted by atomic mass is 16.5. The van der Waals surface area contributed by atoms with Gasteiger partial charge in [-0.25, -0.2) is 0 Å². The maximum atomic E-state index is 12.5. The first-order chi connectivity index (χ1) is 9.13. The number of nitrogens with zero attached hydrogens (tertiary/aromatic N) is 1. The van der Waals surface area contributed by atoms with Crippen LogP contribution in [0.15, 0.2) is 24.3 Å². The zero-order valence-electron chi connectivity index (χ0n) is 10.8. The van der Waals surface area contributed by atoms with Crippen LogP contribution in [0.25, 0.3) is 0 Å². The fraction of sp³-hybridized carbons (Fsp3) is 0.429. The van der Waals surface area contributed by atoms with Crippen LogP contribution in [0.1, 0.15) is 28.8 Å². The predicted molar refractivity (Wildman–Crippen MR) is 68.8 cm³/mol. The van der Waals surface area contributed by atoms with Crippen molar-refractivity contribution in [1.29, 1.82) is 0 Å². The maximum Gasteiger partial charge on any atom is 0.323 e. The van der Waals surface area contributed by atoms with E-state index in [1.54, 1.807) is 19.2 Å². The molecule has 19 heavy (non-hydrogen) atoms. The number of rotatable bonds is 6. The van der Waals surface area contributed by atoms with Crippen LogP contribution in [0.3, 0.4) is 0 Å². The van der Waals surface area contributed by atoms with E-state index < -0.39 is 5.97 Å². The molecule has 0 bridgehead atoms. The molecule has 0 unspecified atom stereocenters. The zero-order valence-corrected chi connectivity index (χ0v) is 10.8. The van der Waals surface area contributed by atoms with E-state index in [1.165, 1.54) is 4.90 Å². The van der Waals surface area contributed by atoms with Crippen LogP contribution in [-0.2, 0) is 16.1 Å². The Labute approximate surface area is 111 Å². The average Bonchev–Trinajstić information content (AvgIpc) is 3.20. The summed E-state index contributed by atoms with van der Waals surface area (Å²) in [6, 6.07) is 7.22. The highest BCUT2D eigenvalue weighted by Gasteiger charge is 2.34. The van der Waals surface area contributed by atoms with Crippen LogP contribution in [-0.4, -0.2) is 41.6 Å². The molecule has 0 atom stereocenters. The molecule has 1 aliphatic carbocycles. The van der Waals surface area contributed by atoms with E-state index in [-0.39, 0.29) is 18.5 Å². The summed E-state index contributed by atoms with van der Waals surface area (Å²) in [4.78, 5) is 24.8. The molecule has 1 aliphatic rings. The number of hydrogen-bond donors (Lipinski definition) is 1. The van der Waals surface area contributed by atoms with Crippen molar-refractivity contribution in [3.05, 3.63) is 35.4 Å². The molecule has 1 aromatic rings. The van der Waals surface area contributed by atoms with Gasteiger partial charge in [0.15, 0.2) is 0 Å². The molecule has 1 saturated carbocycles. The molecule has 0 aliphatic heterocycles. The molecular weight excluding hydrogens is 246 g/mol. The molecule has 2 rings (SSSR count). The summed E-state index contributed by atoms with van der Waals surface area (Å²) in [7, 11) is 1.57. The maximum absolute atomic E-state index is 12.5. The largest absolute Gasteiger partial charge is 0.480 e. The highest BCUT2D eigenvalue weighted by molar-refractivity contribution is 5.97. The van der Waals surface area contributed by atoms with E-state index in [0.717, 1.165) is 18.4 Å². The van der Waals surface area contributed by atoms with Crippen LogP contribution in [0.2, 0.25) is 0 Å². The Morgan fingerprint density at radius 1 is 1.37 bits per heavy atom. The number of benzene rings is 1. The van der Waals surface area contributed by atoms with E-state index in [9.17, 15) is 9.59 Å². The number of methoxy groups -OCH3 is 1. The van der Waals surface area contributed by atoms with Gasteiger partial charge in [-0.15, -0.1) is 0 Å². The van der Waals surface area contributed by atoms with Crippen LogP contribution in [0, 0.1) is 0 Å². The van der Waals surface area contributed by atoms with Gasteiger partial charge < -0.3 is 14.7 Å². The van der Waals surface area contributed by atoms with Gasteiger partial charge in [0, 0.05) is 18.7 Å². The quantitative estimate of drug-likeness (QED) is 0.845. The Bertz CT molecular complexity index is 482. The molecule has 0 aromatic heterocycles. The van der Waals surface area contributed by atoms with Crippen molar-refractivity contribution >= 4 is 11.9 Å². The van der Waals surface area contributed by atoms with Crippen molar-refractivity contribution in [2.45, 2.75) is 25.5 Å². The van der Waals surface area contributed by atoms with E-state index in [0.29, 0.717) is 12.2 Å². The highest BCUT2D eigenvalue weighted by Crippen LogP contribution is 2.28. The average molecular weight is 263 g/mol. The topological polar surface area (TPSA) is 66.8 Å². The summed E-state index contributed by atoms with van der Waals surface area (Å²) in [5.74, 6) is -1.21. The van der Waals surface area contributed by atoms with Gasteiger partial charge in [-0.2, -0.15) is 0 Å². The second-order valence-corrected chi connectivity index (χ2v) is 4.65. The first-order valence-corrected chi connectivity index (χ1v) is 6.23. The van der Waals surface area contributed by atoms with Gasteiger partial charge in [0.25, 0.3) is 5.91 Å². The number of carbonyl (C=O) groups is 2. The first kappa shape index (κ1) is 13.5. The molecule has 1 N–H and O–H groups in total. The Morgan fingerprint density at radius 3 is 2.63 bits per heavy atom. The van der Waals surface area contributed by atoms with Crippen molar-refractivity contribution in [3.8, 4) is 0 Å². The van der Waals surface area contributed by atoms with Gasteiger partial charge in [0.1, 0.15) is 6.54 Å². The number of carbonyl (C=O) groups excluding carboxylic acids is 1. The minimum absolute atomic E-state index is 0.0687. The van der Waals surface area contributed by atoms with Crippen LogP contribution >= 0.6 is 0 Å². The number of hydrogen-bond acceptors (Lipinski definition) is 3. The van der Waals surface area contributed by atoms with E-state index in [4.69, 9.17) is 9.84 Å². The molecular formula is C14H17NO4. The van der Waals surface area contributed by atoms with E-state index in [1.807, 2.05) is 12.1 Å². The van der Waals surface area contributed by atoms with Crippen LogP contribution < -0.4 is 0 Å². The van der Waals surface area contributed by atoms with Crippen molar-refractivity contribution < 1.29 is 19.4 Å². The number of carboxylic acids is 1. The molecule has 102 valence electrons. The number of carboxylic acid groups (broad SMARTS) is 1. The van der Waals surface area contributed by atoms with Crippen LogP contribution in [0.4, 0.5) is 0 Å². The molecule has 0 saturated heterocycles. The third-order valence-electron chi connectivity index (χ3n) is 3.10. The van der Waals surface area contributed by atoms with Gasteiger partial charge in [0.05, 0.1) is 6.61 Å². The van der Waals surface area contributed by atoms with E-state index in [2.05, 4.69) is 0 Å². The van der Waals surface area contributed by atoms with Gasteiger partial charge in [-0.3, -0.25) is 9.59 Å². The van der Waals surface area contributed by atoms with Gasteiger partial charge in [0.2, 0.25) is 0 Å². The van der Waals surface area contributed by atoms with Crippen molar-refractivity contribution in [2.75, 3.05) is 13.7 Å². The normalized spacial score (nSPS) is 14.2. The molecule has 5 nitrogen and oxygen atoms in total. The van der Waals surface area contributed by atoms with Crippen molar-refractivity contribution in [2.24, 2.45) is 0 Å². The van der Waals surface area contributed by atoms with Crippen molar-refractivity contribution in [1.82, 2.24) is 4.90 Å². The van der Waals surface area contributed by atoms with Gasteiger partial charge in [-0.05, 0) is 24.5 Å². The van der Waals surface area contributed by atoms with Gasteiger partial charge >= 0.3 is 5.97 Å². The lowest BCUT2D eigenvalue weighted by Crippen LogP contribution is -2.37. The standard InChI is InChI=1S/C14H17NO4/c1-19-9-10-4-2-3-5-12(10)14(18)15(8-13(16)17)11-6-7-11/h2-5,11H,6-9H2,1H3,(H,16,17). The van der Waals surface area contributed by atoms with Gasteiger partial charge in [-0.1, -0.05) is 18.2 Å². The number of aliphatic carboxylic acids is 1. The monoisotopic (exact) mass is 263 g/mol. The molecule has 1 amide bonds. The Kier molecular flexibility index (Phi) is 4.16. The lowest BCUT2D eigenvalue weighted by atomic mass is 10.1. The lowest BCUT2D eigenvalue weighted by Gasteiger charge is -2.21. The molecule has 0 spiro atoms. The predicted octanol–water partition coefficient (Wildman–Crippen LogP) is 1.52. The SMILES string of the molecule is COCc1ccccc1C(=O)N(CC(=O)O)C1CC1. The lowest BCUT2D eigenvalue weighted by molar-refractivity contribution is -0.137. The number of amides is 1. The van der Waals surface area contributed by atoms with E-state index >= 15 is 0 Å². The van der Waals surface area contributed by atoms with Crippen molar-refractivity contribution in [3.63, 3.8) is 0 Å². The molecule has 0 radical (unpaired) electrons.